The van der Waals surface area contributed by atoms with E-state index in [1.807, 2.05) is 30.3 Å². The predicted octanol–water partition coefficient (Wildman–Crippen LogP) is 0.820. The Kier molecular flexibility index (Phi) is 7.12. The van der Waals surface area contributed by atoms with Gasteiger partial charge in [-0.05, 0) is 30.5 Å². The lowest BCUT2D eigenvalue weighted by atomic mass is 10.0. The molecule has 5 N–H and O–H groups in total. The lowest BCUT2D eigenvalue weighted by Crippen LogP contribution is -2.52. The molecular formula is C25H28N4O5. The van der Waals surface area contributed by atoms with E-state index in [9.17, 15) is 19.5 Å². The minimum atomic E-state index is -0.681. The molecule has 4 rings (SSSR count). The van der Waals surface area contributed by atoms with Crippen molar-refractivity contribution in [2.24, 2.45) is 5.73 Å². The van der Waals surface area contributed by atoms with Crippen molar-refractivity contribution in [2.45, 2.75) is 37.9 Å². The summed E-state index contributed by atoms with van der Waals surface area (Å²) in [6, 6.07) is 14.1. The van der Waals surface area contributed by atoms with Gasteiger partial charge in [0, 0.05) is 23.7 Å². The monoisotopic (exact) mass is 464 g/mol. The van der Waals surface area contributed by atoms with Crippen LogP contribution < -0.4 is 21.1 Å². The summed E-state index contributed by atoms with van der Waals surface area (Å²) in [6.07, 6.45) is 2.77. The molecule has 9 nitrogen and oxygen atoms in total. The number of carbonyl (C=O) groups excluding carboxylic acids is 3. The van der Waals surface area contributed by atoms with Crippen LogP contribution >= 0.6 is 0 Å². The number of nitrogens with zero attached hydrogens (tertiary/aromatic N) is 1. The van der Waals surface area contributed by atoms with Gasteiger partial charge in [-0.25, -0.2) is 0 Å². The van der Waals surface area contributed by atoms with Crippen molar-refractivity contribution in [1.82, 2.24) is 15.5 Å². The first kappa shape index (κ1) is 23.3. The maximum Gasteiger partial charge on any atom is 0.255 e. The van der Waals surface area contributed by atoms with E-state index in [0.29, 0.717) is 35.4 Å². The summed E-state index contributed by atoms with van der Waals surface area (Å²) in [6.45, 7) is 0.256. The first-order valence-corrected chi connectivity index (χ1v) is 11.2. The van der Waals surface area contributed by atoms with Gasteiger partial charge in [0.2, 0.25) is 11.8 Å². The van der Waals surface area contributed by atoms with Gasteiger partial charge in [0.05, 0.1) is 24.9 Å². The van der Waals surface area contributed by atoms with Crippen molar-refractivity contribution in [2.75, 3.05) is 13.2 Å². The van der Waals surface area contributed by atoms with Crippen molar-refractivity contribution >= 4 is 17.7 Å². The number of carbonyl (C=O) groups is 3. The fourth-order valence-electron chi connectivity index (χ4n) is 4.19. The highest BCUT2D eigenvalue weighted by molar-refractivity contribution is 6.05. The van der Waals surface area contributed by atoms with Crippen molar-refractivity contribution in [1.29, 1.82) is 0 Å². The maximum atomic E-state index is 12.9. The quantitative estimate of drug-likeness (QED) is 0.404. The van der Waals surface area contributed by atoms with Crippen LogP contribution in [0.4, 0.5) is 0 Å². The van der Waals surface area contributed by atoms with Crippen molar-refractivity contribution in [3.8, 4) is 5.75 Å². The number of aliphatic hydroxyl groups is 1. The third-order valence-electron chi connectivity index (χ3n) is 5.98. The summed E-state index contributed by atoms with van der Waals surface area (Å²) in [7, 11) is 0. The standard InChI is InChI=1S/C25H28N4O5/c26-17(12-27-18(14-30)11-16-5-2-1-3-6-16)15-34-22-8-4-7-19-20(22)13-29(25(19)33)21-9-10-23(31)28-24(21)32/h1-8,12,18,21,27,30H,9-11,13-15,26H2,(H,28,31,32)/b17-12-/t18-,21?/m1/s1. The van der Waals surface area contributed by atoms with E-state index in [1.165, 1.54) is 4.90 Å². The van der Waals surface area contributed by atoms with Gasteiger partial charge in [-0.3, -0.25) is 19.7 Å². The van der Waals surface area contributed by atoms with Crippen LogP contribution in [-0.2, 0) is 22.6 Å². The number of fused-ring (bicyclic) bond motifs is 1. The van der Waals surface area contributed by atoms with Gasteiger partial charge in [0.15, 0.2) is 0 Å². The van der Waals surface area contributed by atoms with Gasteiger partial charge >= 0.3 is 0 Å². The molecule has 9 heteroatoms. The molecule has 0 aromatic heterocycles. The third-order valence-corrected chi connectivity index (χ3v) is 5.98. The number of piperidine rings is 1. The molecule has 1 saturated heterocycles. The zero-order chi connectivity index (χ0) is 24.1. The normalized spacial score (nSPS) is 19.0. The highest BCUT2D eigenvalue weighted by Gasteiger charge is 2.40. The summed E-state index contributed by atoms with van der Waals surface area (Å²) in [5.41, 5.74) is 8.79. The number of nitrogens with one attached hydrogen (secondary N) is 2. The Balaban J connectivity index is 1.37. The van der Waals surface area contributed by atoms with E-state index in [0.717, 1.165) is 5.56 Å². The Morgan fingerprint density at radius 1 is 1.21 bits per heavy atom. The number of hydrogen-bond donors (Lipinski definition) is 4. The van der Waals surface area contributed by atoms with Gasteiger partial charge < -0.3 is 25.8 Å². The van der Waals surface area contributed by atoms with E-state index in [4.69, 9.17) is 10.5 Å². The number of hydrogen-bond acceptors (Lipinski definition) is 7. The lowest BCUT2D eigenvalue weighted by molar-refractivity contribution is -0.136. The van der Waals surface area contributed by atoms with Crippen LogP contribution in [0.15, 0.2) is 60.4 Å². The smallest absolute Gasteiger partial charge is 0.255 e. The van der Waals surface area contributed by atoms with Crippen molar-refractivity contribution in [3.63, 3.8) is 0 Å². The number of nitrogens with two attached hydrogens (primary N) is 1. The van der Waals surface area contributed by atoms with E-state index in [2.05, 4.69) is 10.6 Å². The topological polar surface area (TPSA) is 134 Å². The van der Waals surface area contributed by atoms with Crippen LogP contribution in [0, 0.1) is 0 Å². The zero-order valence-electron chi connectivity index (χ0n) is 18.7. The number of aliphatic hydroxyl groups excluding tert-OH is 1. The Bertz CT molecular complexity index is 1100. The molecule has 178 valence electrons. The van der Waals surface area contributed by atoms with Crippen LogP contribution in [0.1, 0.15) is 34.3 Å². The second-order valence-corrected chi connectivity index (χ2v) is 8.43. The van der Waals surface area contributed by atoms with E-state index in [1.54, 1.807) is 24.4 Å². The Morgan fingerprint density at radius 3 is 2.74 bits per heavy atom. The van der Waals surface area contributed by atoms with Crippen LogP contribution in [0.25, 0.3) is 0 Å². The minimum absolute atomic E-state index is 0.0516. The van der Waals surface area contributed by atoms with Gasteiger partial charge in [-0.1, -0.05) is 36.4 Å². The molecule has 34 heavy (non-hydrogen) atoms. The summed E-state index contributed by atoms with van der Waals surface area (Å²) in [5.74, 6) is -0.517. The van der Waals surface area contributed by atoms with Crippen LogP contribution in [0.3, 0.4) is 0 Å². The molecule has 2 aromatic carbocycles. The molecule has 2 atom stereocenters. The highest BCUT2D eigenvalue weighted by Crippen LogP contribution is 2.33. The fourth-order valence-corrected chi connectivity index (χ4v) is 4.19. The van der Waals surface area contributed by atoms with E-state index in [-0.39, 0.29) is 44.0 Å². The largest absolute Gasteiger partial charge is 0.487 e. The second-order valence-electron chi connectivity index (χ2n) is 8.43. The Labute approximate surface area is 197 Å². The van der Waals surface area contributed by atoms with Gasteiger partial charge in [-0.2, -0.15) is 0 Å². The van der Waals surface area contributed by atoms with E-state index < -0.39 is 11.9 Å². The molecule has 2 aliphatic rings. The molecule has 0 saturated carbocycles. The van der Waals surface area contributed by atoms with Crippen molar-refractivity contribution < 1.29 is 24.2 Å². The highest BCUT2D eigenvalue weighted by atomic mass is 16.5. The number of imide groups is 1. The molecule has 0 bridgehead atoms. The molecule has 1 fully saturated rings. The molecular weight excluding hydrogens is 436 g/mol. The molecule has 0 aliphatic carbocycles. The number of benzene rings is 2. The number of amides is 3. The van der Waals surface area contributed by atoms with Gasteiger partial charge in [0.1, 0.15) is 18.4 Å². The summed E-state index contributed by atoms with van der Waals surface area (Å²) in [5, 5.41) is 15.1. The first-order valence-electron chi connectivity index (χ1n) is 11.2. The summed E-state index contributed by atoms with van der Waals surface area (Å²) >= 11 is 0. The molecule has 2 aliphatic heterocycles. The lowest BCUT2D eigenvalue weighted by Gasteiger charge is -2.29. The van der Waals surface area contributed by atoms with Crippen LogP contribution in [0.2, 0.25) is 0 Å². The first-order chi connectivity index (χ1) is 16.5. The maximum absolute atomic E-state index is 12.9. The van der Waals surface area contributed by atoms with E-state index >= 15 is 0 Å². The summed E-state index contributed by atoms with van der Waals surface area (Å²) in [4.78, 5) is 38.1. The molecule has 0 radical (unpaired) electrons. The molecule has 2 heterocycles. The molecule has 1 unspecified atom stereocenters. The second kappa shape index (κ2) is 10.4. The number of ether oxygens (including phenoxy) is 1. The Hall–Kier alpha value is -3.85. The van der Waals surface area contributed by atoms with Gasteiger partial charge in [0.25, 0.3) is 5.91 Å². The summed E-state index contributed by atoms with van der Waals surface area (Å²) < 4.78 is 5.89. The van der Waals surface area contributed by atoms with Gasteiger partial charge in [-0.15, -0.1) is 0 Å². The van der Waals surface area contributed by atoms with Crippen LogP contribution in [-0.4, -0.2) is 53.0 Å². The fraction of sp³-hybridized carbons (Fsp3) is 0.320. The number of rotatable bonds is 9. The zero-order valence-corrected chi connectivity index (χ0v) is 18.7. The predicted molar refractivity (Wildman–Crippen MR) is 124 cm³/mol. The Morgan fingerprint density at radius 2 is 2.00 bits per heavy atom. The molecule has 2 aromatic rings. The average molecular weight is 465 g/mol. The molecule has 0 spiro atoms. The van der Waals surface area contributed by atoms with Crippen LogP contribution in [0.5, 0.6) is 5.75 Å². The third kappa shape index (κ3) is 5.20. The average Bonchev–Trinajstić information content (AvgIpc) is 3.17. The minimum Gasteiger partial charge on any atom is -0.487 e. The molecule has 3 amide bonds. The van der Waals surface area contributed by atoms with Crippen molar-refractivity contribution in [3.05, 3.63) is 77.1 Å². The SMILES string of the molecule is N/C(=C\N[C@@H](CO)Cc1ccccc1)COc1cccc2c1CN(C1CCC(=O)NC1=O)C2=O.